The van der Waals surface area contributed by atoms with E-state index < -0.39 is 5.91 Å². The quantitative estimate of drug-likeness (QED) is 0.680. The van der Waals surface area contributed by atoms with E-state index in [2.05, 4.69) is 6.07 Å². The highest BCUT2D eigenvalue weighted by molar-refractivity contribution is 5.89. The topological polar surface area (TPSA) is 76.1 Å². The van der Waals surface area contributed by atoms with E-state index in [0.717, 1.165) is 16.7 Å². The van der Waals surface area contributed by atoms with Crippen molar-refractivity contribution in [3.8, 4) is 11.8 Å². The van der Waals surface area contributed by atoms with Gasteiger partial charge >= 0.3 is 0 Å². The Labute approximate surface area is 129 Å². The molecule has 0 spiro atoms. The SMILES string of the molecule is Cc1ccc(/C(C#N)=C/c2cccc(OCC(N)=O)c2)cc1. The summed E-state index contributed by atoms with van der Waals surface area (Å²) in [5.74, 6) is 0.00654. The van der Waals surface area contributed by atoms with Gasteiger partial charge in [-0.2, -0.15) is 5.26 Å². The maximum atomic E-state index is 10.7. The summed E-state index contributed by atoms with van der Waals surface area (Å²) in [6.07, 6.45) is 1.78. The minimum atomic E-state index is -0.529. The lowest BCUT2D eigenvalue weighted by Gasteiger charge is -2.05. The molecule has 4 heteroatoms. The Morgan fingerprint density at radius 2 is 2.00 bits per heavy atom. The third-order valence-electron chi connectivity index (χ3n) is 3.03. The zero-order valence-electron chi connectivity index (χ0n) is 12.2. The van der Waals surface area contributed by atoms with Gasteiger partial charge < -0.3 is 10.5 Å². The Bertz CT molecular complexity index is 740. The molecule has 2 aromatic carbocycles. The first-order valence-electron chi connectivity index (χ1n) is 6.78. The highest BCUT2D eigenvalue weighted by atomic mass is 16.5. The van der Waals surface area contributed by atoms with E-state index in [1.807, 2.05) is 37.3 Å². The van der Waals surface area contributed by atoms with Crippen LogP contribution in [-0.2, 0) is 4.79 Å². The molecule has 0 saturated heterocycles. The number of nitrogens with two attached hydrogens (primary N) is 1. The molecule has 2 aromatic rings. The van der Waals surface area contributed by atoms with Crippen LogP contribution >= 0.6 is 0 Å². The Hall–Kier alpha value is -3.06. The normalized spacial score (nSPS) is 10.8. The van der Waals surface area contributed by atoms with Gasteiger partial charge in [-0.05, 0) is 36.3 Å². The van der Waals surface area contributed by atoms with Crippen LogP contribution < -0.4 is 10.5 Å². The van der Waals surface area contributed by atoms with E-state index in [1.165, 1.54) is 0 Å². The summed E-state index contributed by atoms with van der Waals surface area (Å²) in [7, 11) is 0. The molecule has 0 heterocycles. The number of aryl methyl sites for hydroxylation is 1. The van der Waals surface area contributed by atoms with E-state index in [9.17, 15) is 10.1 Å². The number of rotatable bonds is 5. The molecule has 2 N–H and O–H groups in total. The minimum Gasteiger partial charge on any atom is -0.484 e. The summed E-state index contributed by atoms with van der Waals surface area (Å²) in [5.41, 5.74) is 8.43. The van der Waals surface area contributed by atoms with Crippen LogP contribution in [-0.4, -0.2) is 12.5 Å². The van der Waals surface area contributed by atoms with Crippen molar-refractivity contribution in [1.29, 1.82) is 5.26 Å². The van der Waals surface area contributed by atoms with Gasteiger partial charge in [-0.3, -0.25) is 4.79 Å². The number of carbonyl (C=O) groups is 1. The number of nitrogens with zero attached hydrogens (tertiary/aromatic N) is 1. The molecular weight excluding hydrogens is 276 g/mol. The molecule has 22 heavy (non-hydrogen) atoms. The highest BCUT2D eigenvalue weighted by Gasteiger charge is 2.02. The van der Waals surface area contributed by atoms with Crippen LogP contribution in [0.1, 0.15) is 16.7 Å². The summed E-state index contributed by atoms with van der Waals surface area (Å²) < 4.78 is 5.26. The molecule has 0 aromatic heterocycles. The predicted octanol–water partition coefficient (Wildman–Crippen LogP) is 2.92. The average molecular weight is 292 g/mol. The van der Waals surface area contributed by atoms with Gasteiger partial charge in [-0.1, -0.05) is 42.0 Å². The maximum Gasteiger partial charge on any atom is 0.255 e. The van der Waals surface area contributed by atoms with Gasteiger partial charge in [0, 0.05) is 0 Å². The van der Waals surface area contributed by atoms with Gasteiger partial charge in [-0.15, -0.1) is 0 Å². The number of hydrogen-bond donors (Lipinski definition) is 1. The van der Waals surface area contributed by atoms with E-state index in [1.54, 1.807) is 24.3 Å². The van der Waals surface area contributed by atoms with Crippen molar-refractivity contribution in [2.75, 3.05) is 6.61 Å². The zero-order valence-corrected chi connectivity index (χ0v) is 12.2. The highest BCUT2D eigenvalue weighted by Crippen LogP contribution is 2.21. The molecule has 2 rings (SSSR count). The fraction of sp³-hybridized carbons (Fsp3) is 0.111. The van der Waals surface area contributed by atoms with E-state index in [-0.39, 0.29) is 6.61 Å². The number of amides is 1. The molecule has 1 amide bonds. The number of hydrogen-bond acceptors (Lipinski definition) is 3. The summed E-state index contributed by atoms with van der Waals surface area (Å²) in [4.78, 5) is 10.7. The summed E-state index contributed by atoms with van der Waals surface area (Å²) in [6, 6.07) is 17.1. The van der Waals surface area contributed by atoms with Crippen molar-refractivity contribution >= 4 is 17.6 Å². The number of nitriles is 1. The Kier molecular flexibility index (Phi) is 4.94. The summed E-state index contributed by atoms with van der Waals surface area (Å²) in [5, 5.41) is 9.34. The third-order valence-corrected chi connectivity index (χ3v) is 3.03. The zero-order chi connectivity index (χ0) is 15.9. The van der Waals surface area contributed by atoms with Crippen molar-refractivity contribution < 1.29 is 9.53 Å². The molecule has 4 nitrogen and oxygen atoms in total. The first-order valence-corrected chi connectivity index (χ1v) is 6.78. The molecule has 0 aliphatic carbocycles. The van der Waals surface area contributed by atoms with Crippen LogP contribution in [0.5, 0.6) is 5.75 Å². The van der Waals surface area contributed by atoms with Crippen molar-refractivity contribution in [1.82, 2.24) is 0 Å². The lowest BCUT2D eigenvalue weighted by atomic mass is 10.0. The largest absolute Gasteiger partial charge is 0.484 e. The number of allylic oxidation sites excluding steroid dienone is 1. The standard InChI is InChI=1S/C18H16N2O2/c1-13-5-7-15(8-6-13)16(11-19)9-14-3-2-4-17(10-14)22-12-18(20)21/h2-10H,12H2,1H3,(H2,20,21)/b16-9+. The first kappa shape index (κ1) is 15.3. The molecular formula is C18H16N2O2. The minimum absolute atomic E-state index is 0.170. The fourth-order valence-corrected chi connectivity index (χ4v) is 1.93. The third kappa shape index (κ3) is 4.22. The van der Waals surface area contributed by atoms with Crippen LogP contribution in [0.2, 0.25) is 0 Å². The second-order valence-corrected chi connectivity index (χ2v) is 4.86. The molecule has 0 bridgehead atoms. The number of benzene rings is 2. The Morgan fingerprint density at radius 1 is 1.27 bits per heavy atom. The smallest absolute Gasteiger partial charge is 0.255 e. The molecule has 0 unspecified atom stereocenters. The number of carbonyl (C=O) groups excluding carboxylic acids is 1. The average Bonchev–Trinajstić information content (AvgIpc) is 2.52. The van der Waals surface area contributed by atoms with Gasteiger partial charge in [0.2, 0.25) is 0 Å². The van der Waals surface area contributed by atoms with Crippen LogP contribution in [0.4, 0.5) is 0 Å². The Balaban J connectivity index is 2.26. The van der Waals surface area contributed by atoms with Gasteiger partial charge in [0.15, 0.2) is 6.61 Å². The monoisotopic (exact) mass is 292 g/mol. The van der Waals surface area contributed by atoms with Gasteiger partial charge in [-0.25, -0.2) is 0 Å². The van der Waals surface area contributed by atoms with E-state index in [0.29, 0.717) is 11.3 Å². The summed E-state index contributed by atoms with van der Waals surface area (Å²) >= 11 is 0. The lowest BCUT2D eigenvalue weighted by Crippen LogP contribution is -2.19. The second kappa shape index (κ2) is 7.09. The molecule has 0 radical (unpaired) electrons. The predicted molar refractivity (Wildman–Crippen MR) is 85.8 cm³/mol. The van der Waals surface area contributed by atoms with E-state index in [4.69, 9.17) is 10.5 Å². The number of primary amides is 1. The Morgan fingerprint density at radius 3 is 2.64 bits per heavy atom. The van der Waals surface area contributed by atoms with Gasteiger partial charge in [0.1, 0.15) is 5.75 Å². The molecule has 0 saturated carbocycles. The molecule has 110 valence electrons. The maximum absolute atomic E-state index is 10.7. The van der Waals surface area contributed by atoms with Gasteiger partial charge in [0.05, 0.1) is 11.6 Å². The second-order valence-electron chi connectivity index (χ2n) is 4.86. The van der Waals surface area contributed by atoms with Crippen molar-refractivity contribution in [2.24, 2.45) is 5.73 Å². The van der Waals surface area contributed by atoms with Crippen LogP contribution in [0.25, 0.3) is 11.6 Å². The molecule has 0 fully saturated rings. The van der Waals surface area contributed by atoms with Gasteiger partial charge in [0.25, 0.3) is 5.91 Å². The van der Waals surface area contributed by atoms with Crippen LogP contribution in [0.3, 0.4) is 0 Å². The molecule has 0 aliphatic heterocycles. The number of ether oxygens (including phenoxy) is 1. The van der Waals surface area contributed by atoms with Crippen LogP contribution in [0.15, 0.2) is 48.5 Å². The van der Waals surface area contributed by atoms with Crippen LogP contribution in [0, 0.1) is 18.3 Å². The summed E-state index contributed by atoms with van der Waals surface area (Å²) in [6.45, 7) is 1.83. The molecule has 0 atom stereocenters. The van der Waals surface area contributed by atoms with Crippen molar-refractivity contribution in [2.45, 2.75) is 6.92 Å². The fourth-order valence-electron chi connectivity index (χ4n) is 1.93. The van der Waals surface area contributed by atoms with Crippen molar-refractivity contribution in [3.05, 3.63) is 65.2 Å². The first-order chi connectivity index (χ1) is 10.6. The van der Waals surface area contributed by atoms with E-state index >= 15 is 0 Å². The molecule has 0 aliphatic rings. The van der Waals surface area contributed by atoms with Crippen molar-refractivity contribution in [3.63, 3.8) is 0 Å². The lowest BCUT2D eigenvalue weighted by molar-refractivity contribution is -0.119.